The van der Waals surface area contributed by atoms with Crippen molar-refractivity contribution in [2.75, 3.05) is 38.7 Å². The molecule has 0 aromatic heterocycles. The predicted molar refractivity (Wildman–Crippen MR) is 146 cm³/mol. The van der Waals surface area contributed by atoms with Crippen molar-refractivity contribution in [3.8, 4) is 0 Å². The number of carbonyl (C=O) groups is 2. The molecular formula is C24H44CaN2O8S2. The van der Waals surface area contributed by atoms with E-state index in [1.54, 1.807) is 12.2 Å². The normalized spacial score (nSPS) is 11.6. The van der Waals surface area contributed by atoms with Crippen LogP contribution >= 0.6 is 0 Å². The van der Waals surface area contributed by atoms with Gasteiger partial charge in [-0.25, -0.2) is 16.8 Å². The minimum atomic E-state index is -4.26. The Morgan fingerprint density at radius 2 is 0.973 bits per heavy atom. The summed E-state index contributed by atoms with van der Waals surface area (Å²) in [6.07, 6.45) is 17.3. The van der Waals surface area contributed by atoms with E-state index in [1.807, 2.05) is 0 Å². The van der Waals surface area contributed by atoms with Gasteiger partial charge in [0.15, 0.2) is 0 Å². The molecule has 0 radical (unpaired) electrons. The molecule has 0 aliphatic rings. The zero-order chi connectivity index (χ0) is 28.0. The van der Waals surface area contributed by atoms with E-state index in [4.69, 9.17) is 0 Å². The van der Waals surface area contributed by atoms with Gasteiger partial charge in [-0.2, -0.15) is 0 Å². The summed E-state index contributed by atoms with van der Waals surface area (Å²) in [4.78, 5) is 25.5. The summed E-state index contributed by atoms with van der Waals surface area (Å²) < 4.78 is 62.4. The molecule has 0 saturated carbocycles. The summed E-state index contributed by atoms with van der Waals surface area (Å²) in [5.74, 6) is -1.62. The van der Waals surface area contributed by atoms with Crippen molar-refractivity contribution >= 4 is 69.8 Å². The number of hydrogen-bond acceptors (Lipinski definition) is 8. The minimum absolute atomic E-state index is 0. The Balaban J connectivity index is -0.000000608. The van der Waals surface area contributed by atoms with Gasteiger partial charge in [-0.05, 0) is 37.8 Å². The fourth-order valence-corrected chi connectivity index (χ4v) is 3.71. The number of hydrogen-bond donors (Lipinski definition) is 0. The van der Waals surface area contributed by atoms with Gasteiger partial charge in [0.2, 0.25) is 11.8 Å². The first kappa shape index (κ1) is 41.0. The molecule has 0 aliphatic carbocycles. The predicted octanol–water partition coefficient (Wildman–Crippen LogP) is 2.65. The van der Waals surface area contributed by atoms with E-state index in [-0.39, 0.29) is 62.6 Å². The quantitative estimate of drug-likeness (QED) is 0.102. The van der Waals surface area contributed by atoms with Crippen molar-refractivity contribution in [1.82, 2.24) is 9.80 Å². The monoisotopic (exact) mass is 592 g/mol. The fourth-order valence-electron chi connectivity index (χ4n) is 2.72. The Morgan fingerprint density at radius 1 is 0.649 bits per heavy atom. The molecule has 0 rings (SSSR count). The average Bonchev–Trinajstić information content (AvgIpc) is 2.79. The van der Waals surface area contributed by atoms with Crippen molar-refractivity contribution < 1.29 is 35.5 Å². The van der Waals surface area contributed by atoms with Crippen LogP contribution in [0.25, 0.3) is 0 Å². The second-order valence-electron chi connectivity index (χ2n) is 8.55. The molecule has 0 heterocycles. The Kier molecular flexibility index (Phi) is 27.2. The standard InChI is InChI=1S/2C12H23NO4S.Ca/c2*1-3-4-5-6-7-8-9-12(14)13(2)10-11-18(15,16)17;/h2*8-9H,3-7,10-11H2,1-2H3,(H,15,16,17);/q;;+2/p-2/b2*9-8+;. The third kappa shape index (κ3) is 31.6. The Labute approximate surface area is 254 Å². The molecular weight excluding hydrogens is 548 g/mol. The minimum Gasteiger partial charge on any atom is -0.748 e. The largest absolute Gasteiger partial charge is 2.00 e. The molecule has 0 spiro atoms. The van der Waals surface area contributed by atoms with Gasteiger partial charge in [0.1, 0.15) is 0 Å². The van der Waals surface area contributed by atoms with E-state index in [1.165, 1.54) is 61.7 Å². The van der Waals surface area contributed by atoms with Gasteiger partial charge >= 0.3 is 37.7 Å². The van der Waals surface area contributed by atoms with Gasteiger partial charge in [-0.15, -0.1) is 0 Å². The molecule has 13 heteroatoms. The molecule has 10 nitrogen and oxygen atoms in total. The molecule has 0 aromatic carbocycles. The summed E-state index contributed by atoms with van der Waals surface area (Å²) >= 11 is 0. The van der Waals surface area contributed by atoms with Crippen LogP contribution in [0.15, 0.2) is 24.3 Å². The maximum Gasteiger partial charge on any atom is 2.00 e. The van der Waals surface area contributed by atoms with E-state index in [0.717, 1.165) is 38.5 Å². The first-order chi connectivity index (χ1) is 16.7. The third-order valence-electron chi connectivity index (χ3n) is 5.08. The second kappa shape index (κ2) is 24.5. The first-order valence-corrected chi connectivity index (χ1v) is 15.6. The number of carbonyl (C=O) groups excluding carboxylic acids is 2. The van der Waals surface area contributed by atoms with Crippen LogP contribution in [-0.2, 0) is 29.8 Å². The number of amides is 2. The third-order valence-corrected chi connectivity index (χ3v) is 6.44. The van der Waals surface area contributed by atoms with Crippen molar-refractivity contribution in [3.63, 3.8) is 0 Å². The van der Waals surface area contributed by atoms with Crippen LogP contribution in [-0.4, -0.2) is 124 Å². The molecule has 37 heavy (non-hydrogen) atoms. The average molecular weight is 593 g/mol. The molecule has 0 fully saturated rings. The van der Waals surface area contributed by atoms with Crippen LogP contribution in [0.3, 0.4) is 0 Å². The summed E-state index contributed by atoms with van der Waals surface area (Å²) in [6.45, 7) is 4.15. The zero-order valence-electron chi connectivity index (χ0n) is 22.9. The van der Waals surface area contributed by atoms with Crippen molar-refractivity contribution in [2.24, 2.45) is 0 Å². The summed E-state index contributed by atoms with van der Waals surface area (Å²) in [7, 11) is -5.55. The van der Waals surface area contributed by atoms with Crippen LogP contribution in [0.2, 0.25) is 0 Å². The van der Waals surface area contributed by atoms with E-state index >= 15 is 0 Å². The van der Waals surface area contributed by atoms with Gasteiger partial charge < -0.3 is 18.9 Å². The van der Waals surface area contributed by atoms with Crippen LogP contribution in [0.1, 0.15) is 78.1 Å². The number of likely N-dealkylation sites (N-methyl/N-ethyl adjacent to an activating group) is 2. The van der Waals surface area contributed by atoms with Gasteiger partial charge in [0.05, 0.1) is 31.7 Å². The van der Waals surface area contributed by atoms with Crippen molar-refractivity contribution in [1.29, 1.82) is 0 Å². The number of allylic oxidation sites excluding steroid dienone is 2. The molecule has 212 valence electrons. The maximum atomic E-state index is 11.5. The number of rotatable bonds is 18. The smallest absolute Gasteiger partial charge is 0.748 e. The first-order valence-electron chi connectivity index (χ1n) is 12.4. The van der Waals surface area contributed by atoms with Gasteiger partial charge in [-0.1, -0.05) is 64.5 Å². The topological polar surface area (TPSA) is 155 Å². The molecule has 0 unspecified atom stereocenters. The van der Waals surface area contributed by atoms with Crippen LogP contribution in [0.4, 0.5) is 0 Å². The molecule has 2 amide bonds. The van der Waals surface area contributed by atoms with Crippen molar-refractivity contribution in [2.45, 2.75) is 78.1 Å². The Hall–Kier alpha value is -0.500. The molecule has 0 atom stereocenters. The second-order valence-corrected chi connectivity index (χ2v) is 11.6. The summed E-state index contributed by atoms with van der Waals surface area (Å²) in [5.41, 5.74) is 0. The van der Waals surface area contributed by atoms with Gasteiger partial charge in [0, 0.05) is 27.2 Å². The van der Waals surface area contributed by atoms with Crippen LogP contribution in [0, 0.1) is 0 Å². The van der Waals surface area contributed by atoms with Crippen LogP contribution < -0.4 is 0 Å². The Morgan fingerprint density at radius 3 is 1.24 bits per heavy atom. The molecule has 0 saturated heterocycles. The van der Waals surface area contributed by atoms with Gasteiger partial charge in [-0.3, -0.25) is 9.59 Å². The molecule has 0 aromatic rings. The molecule has 0 N–H and O–H groups in total. The SMILES string of the molecule is CCCCCC/C=C/C(=O)N(C)CCS(=O)(=O)[O-].CCCCCC/C=C/C(=O)N(C)CCS(=O)(=O)[O-].[Ca+2]. The Bertz CT molecular complexity index is 803. The van der Waals surface area contributed by atoms with E-state index in [2.05, 4.69) is 13.8 Å². The number of nitrogens with zero attached hydrogens (tertiary/aromatic N) is 2. The summed E-state index contributed by atoms with van der Waals surface area (Å²) in [6, 6.07) is 0. The maximum absolute atomic E-state index is 11.5. The van der Waals surface area contributed by atoms with E-state index in [0.29, 0.717) is 0 Å². The zero-order valence-corrected chi connectivity index (χ0v) is 26.7. The van der Waals surface area contributed by atoms with Crippen molar-refractivity contribution in [3.05, 3.63) is 24.3 Å². The number of unbranched alkanes of at least 4 members (excludes halogenated alkanes) is 8. The summed E-state index contributed by atoms with van der Waals surface area (Å²) in [5, 5.41) is 0. The fraction of sp³-hybridized carbons (Fsp3) is 0.750. The van der Waals surface area contributed by atoms with E-state index < -0.39 is 31.7 Å². The molecule has 0 bridgehead atoms. The molecule has 0 aliphatic heterocycles. The van der Waals surface area contributed by atoms with Gasteiger partial charge in [0.25, 0.3) is 0 Å². The van der Waals surface area contributed by atoms with E-state index in [9.17, 15) is 35.5 Å². The van der Waals surface area contributed by atoms with Crippen LogP contribution in [0.5, 0.6) is 0 Å².